The van der Waals surface area contributed by atoms with Crippen LogP contribution in [0.15, 0.2) is 65.0 Å². The van der Waals surface area contributed by atoms with E-state index in [4.69, 9.17) is 14.2 Å². The van der Waals surface area contributed by atoms with Crippen molar-refractivity contribution in [3.8, 4) is 11.5 Å². The molecule has 8 heteroatoms. The molecule has 0 aromatic heterocycles. The third-order valence-corrected chi connectivity index (χ3v) is 5.50. The van der Waals surface area contributed by atoms with E-state index in [2.05, 4.69) is 11.6 Å². The van der Waals surface area contributed by atoms with E-state index in [-0.39, 0.29) is 5.91 Å². The van der Waals surface area contributed by atoms with Gasteiger partial charge in [-0.25, -0.2) is 9.79 Å². The topological polar surface area (TPSA) is 77.4 Å². The first kappa shape index (κ1) is 23.1. The minimum absolute atomic E-state index is 0.148. The average Bonchev–Trinajstić information content (AvgIpc) is 3.06. The van der Waals surface area contributed by atoms with E-state index < -0.39 is 5.97 Å². The minimum Gasteiger partial charge on any atom is -0.490 e. The van der Waals surface area contributed by atoms with E-state index in [1.54, 1.807) is 43.5 Å². The number of nitrogens with zero attached hydrogens (tertiary/aromatic N) is 2. The molecule has 0 radical (unpaired) electrons. The van der Waals surface area contributed by atoms with Crippen LogP contribution in [-0.2, 0) is 9.53 Å². The Morgan fingerprint density at radius 1 is 1.16 bits per heavy atom. The highest BCUT2D eigenvalue weighted by Crippen LogP contribution is 2.35. The second kappa shape index (κ2) is 10.7. The Hall–Kier alpha value is -3.52. The molecule has 32 heavy (non-hydrogen) atoms. The van der Waals surface area contributed by atoms with E-state index in [1.807, 2.05) is 25.1 Å². The smallest absolute Gasteiger partial charge is 0.337 e. The van der Waals surface area contributed by atoms with Crippen LogP contribution in [0.3, 0.4) is 0 Å². The summed E-state index contributed by atoms with van der Waals surface area (Å²) in [5, 5.41) is 0.544. The second-order valence-electron chi connectivity index (χ2n) is 6.65. The van der Waals surface area contributed by atoms with Crippen molar-refractivity contribution in [2.75, 3.05) is 27.4 Å². The van der Waals surface area contributed by atoms with E-state index >= 15 is 0 Å². The normalized spacial score (nSPS) is 15.8. The number of aliphatic imine (C=N–C) groups is 1. The first-order valence-electron chi connectivity index (χ1n) is 9.92. The summed E-state index contributed by atoms with van der Waals surface area (Å²) in [7, 11) is 3.01. The molecule has 7 nitrogen and oxygen atoms in total. The van der Waals surface area contributed by atoms with Crippen LogP contribution >= 0.6 is 11.8 Å². The Bertz CT molecular complexity index is 1080. The number of esters is 1. The molecule has 2 aromatic carbocycles. The number of methoxy groups -OCH3 is 1. The Labute approximate surface area is 191 Å². The van der Waals surface area contributed by atoms with Crippen molar-refractivity contribution >= 4 is 40.6 Å². The summed E-state index contributed by atoms with van der Waals surface area (Å²) in [4.78, 5) is 30.9. The number of thioether (sulfide) groups is 1. The maximum atomic E-state index is 12.7. The standard InChI is InChI=1S/C24H24N2O5S/c1-5-13-31-19-12-7-16(14-20(19)30-6-2)15-21-22(27)26(3)24(32-21)25-18-10-8-17(9-11-18)23(28)29-4/h5,7-12,14-15H,1,6,13H2,2-4H3/b21-15-,25-24?. The third kappa shape index (κ3) is 5.39. The van der Waals surface area contributed by atoms with Gasteiger partial charge in [-0.05, 0) is 66.7 Å². The summed E-state index contributed by atoms with van der Waals surface area (Å²) in [6, 6.07) is 12.2. The monoisotopic (exact) mass is 452 g/mol. The molecule has 1 amide bonds. The SMILES string of the molecule is C=CCOc1ccc(/C=C2\SC(=Nc3ccc(C(=O)OC)cc3)N(C)C2=O)cc1OCC. The predicted octanol–water partition coefficient (Wildman–Crippen LogP) is 4.67. The van der Waals surface area contributed by atoms with Crippen LogP contribution in [0.5, 0.6) is 11.5 Å². The van der Waals surface area contributed by atoms with Crippen molar-refractivity contribution in [3.05, 3.63) is 71.2 Å². The number of amides is 1. The van der Waals surface area contributed by atoms with E-state index in [0.29, 0.717) is 46.0 Å². The maximum Gasteiger partial charge on any atom is 0.337 e. The first-order chi connectivity index (χ1) is 15.5. The summed E-state index contributed by atoms with van der Waals surface area (Å²) < 4.78 is 16.0. The highest BCUT2D eigenvalue weighted by Gasteiger charge is 2.30. The Morgan fingerprint density at radius 3 is 2.56 bits per heavy atom. The molecular formula is C24H24N2O5S. The molecule has 1 aliphatic heterocycles. The number of carbonyl (C=O) groups excluding carboxylic acids is 2. The van der Waals surface area contributed by atoms with Crippen molar-refractivity contribution in [2.45, 2.75) is 6.92 Å². The van der Waals surface area contributed by atoms with Crippen molar-refractivity contribution in [1.29, 1.82) is 0 Å². The van der Waals surface area contributed by atoms with Crippen molar-refractivity contribution in [3.63, 3.8) is 0 Å². The van der Waals surface area contributed by atoms with Crippen LogP contribution in [0.25, 0.3) is 6.08 Å². The zero-order valence-corrected chi connectivity index (χ0v) is 19.0. The lowest BCUT2D eigenvalue weighted by molar-refractivity contribution is -0.121. The Kier molecular flexibility index (Phi) is 7.72. The number of rotatable bonds is 8. The van der Waals surface area contributed by atoms with Crippen LogP contribution in [0.2, 0.25) is 0 Å². The molecule has 0 unspecified atom stereocenters. The number of amidine groups is 1. The van der Waals surface area contributed by atoms with Gasteiger partial charge in [0.2, 0.25) is 0 Å². The van der Waals surface area contributed by atoms with E-state index in [0.717, 1.165) is 5.56 Å². The summed E-state index contributed by atoms with van der Waals surface area (Å²) in [6.07, 6.45) is 3.46. The summed E-state index contributed by atoms with van der Waals surface area (Å²) in [5.74, 6) is 0.662. The number of benzene rings is 2. The number of hydrogen-bond acceptors (Lipinski definition) is 7. The molecular weight excluding hydrogens is 428 g/mol. The molecule has 1 heterocycles. The van der Waals surface area contributed by atoms with Gasteiger partial charge in [-0.15, -0.1) is 0 Å². The number of likely N-dealkylation sites (N-methyl/N-ethyl adjacent to an activating group) is 1. The summed E-state index contributed by atoms with van der Waals surface area (Å²) in [6.45, 7) is 6.42. The molecule has 2 aromatic rings. The minimum atomic E-state index is -0.413. The fraction of sp³-hybridized carbons (Fsp3) is 0.208. The van der Waals surface area contributed by atoms with Crippen LogP contribution in [0.1, 0.15) is 22.8 Å². The van der Waals surface area contributed by atoms with Gasteiger partial charge in [0, 0.05) is 7.05 Å². The molecule has 0 atom stereocenters. The molecule has 0 saturated carbocycles. The Balaban J connectivity index is 1.83. The summed E-state index contributed by atoms with van der Waals surface area (Å²) >= 11 is 1.28. The van der Waals surface area contributed by atoms with Crippen LogP contribution in [0.4, 0.5) is 5.69 Å². The second-order valence-corrected chi connectivity index (χ2v) is 7.66. The fourth-order valence-corrected chi connectivity index (χ4v) is 3.84. The molecule has 0 aliphatic carbocycles. The lowest BCUT2D eigenvalue weighted by Crippen LogP contribution is -2.23. The largest absolute Gasteiger partial charge is 0.490 e. The average molecular weight is 453 g/mol. The lowest BCUT2D eigenvalue weighted by Gasteiger charge is -2.11. The van der Waals surface area contributed by atoms with Gasteiger partial charge in [0.15, 0.2) is 16.7 Å². The number of carbonyl (C=O) groups is 2. The van der Waals surface area contributed by atoms with Gasteiger partial charge in [0.25, 0.3) is 5.91 Å². The van der Waals surface area contributed by atoms with Gasteiger partial charge in [0.1, 0.15) is 6.61 Å². The van der Waals surface area contributed by atoms with Crippen molar-refractivity contribution in [1.82, 2.24) is 4.90 Å². The van der Waals surface area contributed by atoms with Gasteiger partial charge in [-0.2, -0.15) is 0 Å². The first-order valence-corrected chi connectivity index (χ1v) is 10.7. The Morgan fingerprint density at radius 2 is 1.91 bits per heavy atom. The third-order valence-electron chi connectivity index (χ3n) is 4.44. The van der Waals surface area contributed by atoms with Gasteiger partial charge >= 0.3 is 5.97 Å². The zero-order chi connectivity index (χ0) is 23.1. The molecule has 1 aliphatic rings. The highest BCUT2D eigenvalue weighted by molar-refractivity contribution is 8.18. The zero-order valence-electron chi connectivity index (χ0n) is 18.2. The van der Waals surface area contributed by atoms with Gasteiger partial charge in [-0.1, -0.05) is 18.7 Å². The van der Waals surface area contributed by atoms with Crippen LogP contribution in [-0.4, -0.2) is 49.3 Å². The molecule has 0 bridgehead atoms. The quantitative estimate of drug-likeness (QED) is 0.329. The lowest BCUT2D eigenvalue weighted by atomic mass is 10.2. The van der Waals surface area contributed by atoms with Crippen molar-refractivity contribution < 1.29 is 23.8 Å². The van der Waals surface area contributed by atoms with Crippen LogP contribution in [0, 0.1) is 0 Å². The fourth-order valence-electron chi connectivity index (χ4n) is 2.85. The van der Waals surface area contributed by atoms with E-state index in [1.165, 1.54) is 23.8 Å². The molecule has 1 saturated heterocycles. The molecule has 166 valence electrons. The van der Waals surface area contributed by atoms with E-state index in [9.17, 15) is 9.59 Å². The molecule has 0 spiro atoms. The predicted molar refractivity (Wildman–Crippen MR) is 127 cm³/mol. The summed E-state index contributed by atoms with van der Waals surface area (Å²) in [5.41, 5.74) is 1.88. The van der Waals surface area contributed by atoms with Crippen LogP contribution < -0.4 is 9.47 Å². The van der Waals surface area contributed by atoms with Gasteiger partial charge in [0.05, 0.1) is 29.9 Å². The maximum absolute atomic E-state index is 12.7. The number of hydrogen-bond donors (Lipinski definition) is 0. The number of ether oxygens (including phenoxy) is 3. The molecule has 3 rings (SSSR count). The highest BCUT2D eigenvalue weighted by atomic mass is 32.2. The molecule has 0 N–H and O–H groups in total. The van der Waals surface area contributed by atoms with Gasteiger partial charge < -0.3 is 14.2 Å². The van der Waals surface area contributed by atoms with Gasteiger partial charge in [-0.3, -0.25) is 9.69 Å². The van der Waals surface area contributed by atoms with Crippen molar-refractivity contribution in [2.24, 2.45) is 4.99 Å². The molecule has 1 fully saturated rings.